The summed E-state index contributed by atoms with van der Waals surface area (Å²) in [4.78, 5) is 15.7. The van der Waals surface area contributed by atoms with Crippen LogP contribution in [0, 0.1) is 0 Å². The molecular formula is C69H41N5O2. The molecule has 0 spiro atoms. The summed E-state index contributed by atoms with van der Waals surface area (Å²) in [5.41, 5.74) is 16.8. The molecule has 354 valence electrons. The Hall–Kier alpha value is -10.4. The third kappa shape index (κ3) is 6.39. The maximum atomic E-state index is 7.09. The van der Waals surface area contributed by atoms with Gasteiger partial charge < -0.3 is 18.0 Å². The number of furan rings is 2. The number of nitrogens with zero attached hydrogens (tertiary/aromatic N) is 5. The van der Waals surface area contributed by atoms with Crippen molar-refractivity contribution in [2.75, 3.05) is 0 Å². The van der Waals surface area contributed by atoms with Crippen LogP contribution in [0.2, 0.25) is 0 Å². The van der Waals surface area contributed by atoms with E-state index in [1.54, 1.807) is 0 Å². The summed E-state index contributed by atoms with van der Waals surface area (Å²) in [5, 5.41) is 8.73. The van der Waals surface area contributed by atoms with E-state index < -0.39 is 0 Å². The van der Waals surface area contributed by atoms with Gasteiger partial charge in [-0.1, -0.05) is 182 Å². The van der Waals surface area contributed by atoms with E-state index >= 15 is 0 Å². The van der Waals surface area contributed by atoms with Crippen molar-refractivity contribution in [2.45, 2.75) is 0 Å². The second kappa shape index (κ2) is 16.6. The summed E-state index contributed by atoms with van der Waals surface area (Å²) < 4.78 is 18.4. The standard InChI is InChI=1S/C69H41N5O2/c1-4-18-42(19-5-1)43-32-34-45(35-33-43)68-70-67(44-20-6-2-7-21-44)71-69(72-68)52-37-38-58(62-51-27-13-17-31-60(51)76-66(52)62)74-56-28-14-10-24-48(56)55-41-53(46-36-39-61-54(40-46)49-25-12-16-30-59(49)75-61)64-63(65(55)74)50-26-11-15-29-57(50)73(64)47-22-8-3-9-23-47/h1-41H. The molecule has 0 bridgehead atoms. The average Bonchev–Trinajstić information content (AvgIpc) is 4.43. The number of aromatic nitrogens is 5. The first-order valence-electron chi connectivity index (χ1n) is 25.6. The van der Waals surface area contributed by atoms with Gasteiger partial charge in [0.15, 0.2) is 17.5 Å². The smallest absolute Gasteiger partial charge is 0.167 e. The topological polar surface area (TPSA) is 74.8 Å². The van der Waals surface area contributed by atoms with Gasteiger partial charge in [-0.3, -0.25) is 0 Å². The lowest BCUT2D eigenvalue weighted by Crippen LogP contribution is -2.01. The molecule has 11 aromatic carbocycles. The SMILES string of the molecule is c1ccc(-c2ccc(-c3nc(-c4ccccc4)nc(-c4ccc(-n5c6ccccc6c6cc(-c7ccc8oc9ccccc9c8c7)c7c(c8ccccc8n7-c7ccccc7)c65)c5c4oc4ccccc45)n3)cc2)cc1. The van der Waals surface area contributed by atoms with Gasteiger partial charge in [-0.25, -0.2) is 15.0 Å². The summed E-state index contributed by atoms with van der Waals surface area (Å²) in [5.74, 6) is 1.68. The molecule has 0 atom stereocenters. The highest BCUT2D eigenvalue weighted by molar-refractivity contribution is 6.30. The van der Waals surface area contributed by atoms with Crippen LogP contribution < -0.4 is 0 Å². The van der Waals surface area contributed by atoms with Crippen LogP contribution >= 0.6 is 0 Å². The first-order valence-corrected chi connectivity index (χ1v) is 25.6. The molecular weight excluding hydrogens is 931 g/mol. The van der Waals surface area contributed by atoms with Crippen LogP contribution in [0.3, 0.4) is 0 Å². The first kappa shape index (κ1) is 42.2. The van der Waals surface area contributed by atoms with E-state index in [1.165, 1.54) is 0 Å². The predicted octanol–water partition coefficient (Wildman–Crippen LogP) is 18.2. The molecule has 0 aliphatic heterocycles. The second-order valence-corrected chi connectivity index (χ2v) is 19.4. The van der Waals surface area contributed by atoms with Crippen LogP contribution in [0.5, 0.6) is 0 Å². The molecule has 0 aliphatic carbocycles. The number of rotatable bonds is 7. The predicted molar refractivity (Wildman–Crippen MR) is 310 cm³/mol. The van der Waals surface area contributed by atoms with E-state index in [9.17, 15) is 0 Å². The molecule has 7 heteroatoms. The maximum absolute atomic E-state index is 7.09. The lowest BCUT2D eigenvalue weighted by molar-refractivity contribution is 0.668. The third-order valence-electron chi connectivity index (χ3n) is 15.2. The summed E-state index contributed by atoms with van der Waals surface area (Å²) >= 11 is 0. The summed E-state index contributed by atoms with van der Waals surface area (Å²) in [6.07, 6.45) is 0. The van der Waals surface area contributed by atoms with Gasteiger partial charge in [0.05, 0.1) is 38.7 Å². The van der Waals surface area contributed by atoms with Crippen molar-refractivity contribution >= 4 is 87.5 Å². The summed E-state index contributed by atoms with van der Waals surface area (Å²) in [6.45, 7) is 0. The monoisotopic (exact) mass is 971 g/mol. The number of hydrogen-bond acceptors (Lipinski definition) is 5. The molecule has 5 aromatic heterocycles. The highest BCUT2D eigenvalue weighted by atomic mass is 16.3. The number of fused-ring (bicyclic) bond motifs is 13. The van der Waals surface area contributed by atoms with Crippen LogP contribution in [0.1, 0.15) is 0 Å². The molecule has 0 radical (unpaired) electrons. The van der Waals surface area contributed by atoms with Gasteiger partial charge in [0, 0.05) is 60.1 Å². The van der Waals surface area contributed by atoms with E-state index in [1.807, 2.05) is 54.6 Å². The largest absolute Gasteiger partial charge is 0.456 e. The van der Waals surface area contributed by atoms with Crippen molar-refractivity contribution in [1.82, 2.24) is 24.1 Å². The maximum Gasteiger partial charge on any atom is 0.167 e. The van der Waals surface area contributed by atoms with Crippen molar-refractivity contribution in [3.63, 3.8) is 0 Å². The first-order chi connectivity index (χ1) is 37.7. The van der Waals surface area contributed by atoms with Gasteiger partial charge in [-0.2, -0.15) is 0 Å². The number of benzene rings is 11. The number of hydrogen-bond donors (Lipinski definition) is 0. The Balaban J connectivity index is 0.994. The fourth-order valence-corrected chi connectivity index (χ4v) is 11.8. The third-order valence-corrected chi connectivity index (χ3v) is 15.2. The fourth-order valence-electron chi connectivity index (χ4n) is 11.8. The van der Waals surface area contributed by atoms with Crippen LogP contribution in [0.4, 0.5) is 0 Å². The van der Waals surface area contributed by atoms with Gasteiger partial charge in [0.1, 0.15) is 22.3 Å². The van der Waals surface area contributed by atoms with Crippen LogP contribution in [-0.4, -0.2) is 24.1 Å². The minimum Gasteiger partial charge on any atom is -0.456 e. The quantitative estimate of drug-likeness (QED) is 0.159. The lowest BCUT2D eigenvalue weighted by atomic mass is 9.96. The zero-order valence-electron chi connectivity index (χ0n) is 40.7. The van der Waals surface area contributed by atoms with Crippen molar-refractivity contribution in [2.24, 2.45) is 0 Å². The van der Waals surface area contributed by atoms with E-state index in [0.717, 1.165) is 132 Å². The highest BCUT2D eigenvalue weighted by Crippen LogP contribution is 2.49. The molecule has 0 amide bonds. The molecule has 0 saturated heterocycles. The minimum atomic E-state index is 0.522. The Bertz CT molecular complexity index is 4970. The van der Waals surface area contributed by atoms with Gasteiger partial charge in [-0.05, 0) is 83.4 Å². The van der Waals surface area contributed by atoms with Crippen molar-refractivity contribution in [3.05, 3.63) is 249 Å². The van der Waals surface area contributed by atoms with E-state index in [2.05, 4.69) is 203 Å². The van der Waals surface area contributed by atoms with Gasteiger partial charge >= 0.3 is 0 Å². The minimum absolute atomic E-state index is 0.522. The zero-order valence-corrected chi connectivity index (χ0v) is 40.7. The molecule has 76 heavy (non-hydrogen) atoms. The zero-order chi connectivity index (χ0) is 49.8. The summed E-state index contributed by atoms with van der Waals surface area (Å²) in [7, 11) is 0. The van der Waals surface area contributed by atoms with Gasteiger partial charge in [-0.15, -0.1) is 0 Å². The van der Waals surface area contributed by atoms with Crippen LogP contribution in [-0.2, 0) is 0 Å². The molecule has 16 aromatic rings. The van der Waals surface area contributed by atoms with E-state index in [-0.39, 0.29) is 0 Å². The van der Waals surface area contributed by atoms with Crippen molar-refractivity contribution < 1.29 is 8.83 Å². The van der Waals surface area contributed by atoms with Crippen molar-refractivity contribution in [3.8, 4) is 67.8 Å². The molecule has 16 rings (SSSR count). The van der Waals surface area contributed by atoms with Crippen LogP contribution in [0.15, 0.2) is 258 Å². The van der Waals surface area contributed by atoms with E-state index in [4.69, 9.17) is 23.8 Å². The molecule has 0 aliphatic rings. The highest BCUT2D eigenvalue weighted by Gasteiger charge is 2.28. The van der Waals surface area contributed by atoms with Crippen molar-refractivity contribution in [1.29, 1.82) is 0 Å². The second-order valence-electron chi connectivity index (χ2n) is 19.4. The van der Waals surface area contributed by atoms with E-state index in [0.29, 0.717) is 23.1 Å². The average molecular weight is 972 g/mol. The van der Waals surface area contributed by atoms with Crippen LogP contribution in [0.25, 0.3) is 155 Å². The molecule has 7 nitrogen and oxygen atoms in total. The molecule has 0 fully saturated rings. The molecule has 0 unspecified atom stereocenters. The lowest BCUT2D eigenvalue weighted by Gasteiger charge is -2.15. The normalized spacial score (nSPS) is 11.9. The Morgan fingerprint density at radius 2 is 0.816 bits per heavy atom. The van der Waals surface area contributed by atoms with Gasteiger partial charge in [0.2, 0.25) is 0 Å². The molecule has 0 N–H and O–H groups in total. The Morgan fingerprint density at radius 1 is 0.289 bits per heavy atom. The molecule has 5 heterocycles. The Labute approximate surface area is 434 Å². The summed E-state index contributed by atoms with van der Waals surface area (Å²) in [6, 6.07) is 87.4. The van der Waals surface area contributed by atoms with Gasteiger partial charge in [0.25, 0.3) is 0 Å². The fraction of sp³-hybridized carbons (Fsp3) is 0. The Morgan fingerprint density at radius 3 is 1.55 bits per heavy atom. The molecule has 0 saturated carbocycles. The Kier molecular flexibility index (Phi) is 9.20. The number of para-hydroxylation sites is 5.